The van der Waals surface area contributed by atoms with Gasteiger partial charge in [0.15, 0.2) is 0 Å². The lowest BCUT2D eigenvalue weighted by Gasteiger charge is -1.92. The quantitative estimate of drug-likeness (QED) is 0.648. The largest absolute Gasteiger partial charge is 0.357 e. The first-order valence-electron chi connectivity index (χ1n) is 4.22. The normalized spacial score (nSPS) is 10.2. The van der Waals surface area contributed by atoms with Crippen molar-refractivity contribution in [3.8, 4) is 6.07 Å². The molecule has 13 heavy (non-hydrogen) atoms. The van der Waals surface area contributed by atoms with Gasteiger partial charge in [-0.15, -0.1) is 0 Å². The van der Waals surface area contributed by atoms with Gasteiger partial charge in [-0.25, -0.2) is 0 Å². The Bertz CT molecular complexity index is 501. The zero-order valence-electron chi connectivity index (χ0n) is 7.68. The number of nitrogens with zero attached hydrogens (tertiary/aromatic N) is 1. The molecule has 0 spiro atoms. The van der Waals surface area contributed by atoms with Crippen LogP contribution in [-0.4, -0.2) is 4.98 Å². The number of aromatic nitrogens is 1. The van der Waals surface area contributed by atoms with E-state index in [1.807, 2.05) is 25.1 Å². The van der Waals surface area contributed by atoms with E-state index < -0.39 is 0 Å². The van der Waals surface area contributed by atoms with Crippen LogP contribution in [0.5, 0.6) is 0 Å². The summed E-state index contributed by atoms with van der Waals surface area (Å²) in [6.45, 7) is 4.09. The number of hydrogen-bond donors (Lipinski definition) is 1. The molecule has 0 bridgehead atoms. The van der Waals surface area contributed by atoms with Crippen LogP contribution in [0.15, 0.2) is 18.2 Å². The van der Waals surface area contributed by atoms with E-state index in [1.165, 1.54) is 5.56 Å². The highest BCUT2D eigenvalue weighted by atomic mass is 14.7. The molecule has 1 heterocycles. The van der Waals surface area contributed by atoms with Gasteiger partial charge in [0.25, 0.3) is 0 Å². The second-order valence-electron chi connectivity index (χ2n) is 3.21. The van der Waals surface area contributed by atoms with E-state index in [2.05, 4.69) is 18.0 Å². The number of benzene rings is 1. The Labute approximate surface area is 76.8 Å². The van der Waals surface area contributed by atoms with Gasteiger partial charge in [-0.1, -0.05) is 12.1 Å². The van der Waals surface area contributed by atoms with Gasteiger partial charge in [-0.2, -0.15) is 5.26 Å². The van der Waals surface area contributed by atoms with Gasteiger partial charge in [0.2, 0.25) is 0 Å². The van der Waals surface area contributed by atoms with Crippen molar-refractivity contribution in [1.82, 2.24) is 4.98 Å². The van der Waals surface area contributed by atoms with Crippen LogP contribution in [0, 0.1) is 25.2 Å². The standard InChI is InChI=1S/C11H10N2/c1-7-8(2)13-11-9(6-12)4-3-5-10(7)11/h3-5,13H,1-2H3. The summed E-state index contributed by atoms with van der Waals surface area (Å²) in [7, 11) is 0. The molecule has 0 fully saturated rings. The minimum absolute atomic E-state index is 0.716. The number of hydrogen-bond acceptors (Lipinski definition) is 1. The number of nitrogens with one attached hydrogen (secondary N) is 1. The van der Waals surface area contributed by atoms with E-state index in [0.717, 1.165) is 16.6 Å². The van der Waals surface area contributed by atoms with Gasteiger partial charge in [0.1, 0.15) is 6.07 Å². The SMILES string of the molecule is Cc1[nH]c2c(C#N)cccc2c1C. The molecule has 2 heteroatoms. The first-order chi connectivity index (χ1) is 6.24. The molecule has 0 radical (unpaired) electrons. The molecule has 1 N–H and O–H groups in total. The Morgan fingerprint density at radius 1 is 1.31 bits per heavy atom. The van der Waals surface area contributed by atoms with E-state index >= 15 is 0 Å². The summed E-state index contributed by atoms with van der Waals surface area (Å²) < 4.78 is 0. The maximum absolute atomic E-state index is 8.87. The number of aromatic amines is 1. The number of para-hydroxylation sites is 1. The van der Waals surface area contributed by atoms with Gasteiger partial charge in [0, 0.05) is 11.1 Å². The van der Waals surface area contributed by atoms with Crippen LogP contribution < -0.4 is 0 Å². The fraction of sp³-hybridized carbons (Fsp3) is 0.182. The summed E-state index contributed by atoms with van der Waals surface area (Å²) in [5.41, 5.74) is 4.04. The number of rotatable bonds is 0. The average Bonchev–Trinajstić information content (AvgIpc) is 2.43. The van der Waals surface area contributed by atoms with Crippen molar-refractivity contribution >= 4 is 10.9 Å². The number of nitriles is 1. The van der Waals surface area contributed by atoms with Crippen LogP contribution in [0.25, 0.3) is 10.9 Å². The topological polar surface area (TPSA) is 39.6 Å². The Hall–Kier alpha value is -1.75. The molecule has 2 nitrogen and oxygen atoms in total. The third kappa shape index (κ3) is 1.01. The molecule has 2 rings (SSSR count). The number of fused-ring (bicyclic) bond motifs is 1. The monoisotopic (exact) mass is 170 g/mol. The lowest BCUT2D eigenvalue weighted by atomic mass is 10.1. The minimum Gasteiger partial charge on any atom is -0.357 e. The molecule has 0 aliphatic rings. The van der Waals surface area contributed by atoms with E-state index in [9.17, 15) is 0 Å². The van der Waals surface area contributed by atoms with Crippen LogP contribution in [0.2, 0.25) is 0 Å². The summed E-state index contributed by atoms with van der Waals surface area (Å²) >= 11 is 0. The van der Waals surface area contributed by atoms with Crippen LogP contribution >= 0.6 is 0 Å². The third-order valence-corrected chi connectivity index (χ3v) is 2.46. The number of H-pyrrole nitrogens is 1. The average molecular weight is 170 g/mol. The Balaban J connectivity index is 2.95. The predicted octanol–water partition coefficient (Wildman–Crippen LogP) is 2.66. The molecule has 2 aromatic rings. The van der Waals surface area contributed by atoms with Crippen LogP contribution in [0.1, 0.15) is 16.8 Å². The van der Waals surface area contributed by atoms with Gasteiger partial charge < -0.3 is 4.98 Å². The highest BCUT2D eigenvalue weighted by Crippen LogP contribution is 2.23. The lowest BCUT2D eigenvalue weighted by Crippen LogP contribution is -1.76. The molecule has 0 saturated heterocycles. The molecule has 0 unspecified atom stereocenters. The number of aryl methyl sites for hydroxylation is 2. The van der Waals surface area contributed by atoms with Gasteiger partial charge in [-0.05, 0) is 25.5 Å². The Morgan fingerprint density at radius 2 is 2.08 bits per heavy atom. The fourth-order valence-electron chi connectivity index (χ4n) is 1.58. The highest BCUT2D eigenvalue weighted by molar-refractivity contribution is 5.88. The zero-order chi connectivity index (χ0) is 9.42. The first-order valence-corrected chi connectivity index (χ1v) is 4.22. The van der Waals surface area contributed by atoms with Crippen LogP contribution in [-0.2, 0) is 0 Å². The molecule has 64 valence electrons. The Morgan fingerprint density at radius 3 is 2.77 bits per heavy atom. The molecule has 0 aliphatic carbocycles. The van der Waals surface area contributed by atoms with Gasteiger partial charge in [-0.3, -0.25) is 0 Å². The summed E-state index contributed by atoms with van der Waals surface area (Å²) in [6.07, 6.45) is 0. The molecule has 0 aliphatic heterocycles. The summed E-state index contributed by atoms with van der Waals surface area (Å²) in [6, 6.07) is 7.96. The first kappa shape index (κ1) is 7.88. The van der Waals surface area contributed by atoms with Crippen molar-refractivity contribution in [2.24, 2.45) is 0 Å². The van der Waals surface area contributed by atoms with E-state index in [1.54, 1.807) is 0 Å². The van der Waals surface area contributed by atoms with E-state index in [-0.39, 0.29) is 0 Å². The maximum Gasteiger partial charge on any atom is 0.101 e. The molecule has 0 saturated carbocycles. The second kappa shape index (κ2) is 2.63. The van der Waals surface area contributed by atoms with E-state index in [0.29, 0.717) is 5.56 Å². The molecular formula is C11H10N2. The highest BCUT2D eigenvalue weighted by Gasteiger charge is 2.06. The third-order valence-electron chi connectivity index (χ3n) is 2.46. The molecule has 1 aromatic heterocycles. The smallest absolute Gasteiger partial charge is 0.101 e. The van der Waals surface area contributed by atoms with Gasteiger partial charge >= 0.3 is 0 Å². The lowest BCUT2D eigenvalue weighted by molar-refractivity contribution is 1.25. The molecule has 1 aromatic carbocycles. The molecule has 0 atom stereocenters. The van der Waals surface area contributed by atoms with Crippen molar-refractivity contribution in [3.05, 3.63) is 35.0 Å². The zero-order valence-corrected chi connectivity index (χ0v) is 7.68. The van der Waals surface area contributed by atoms with Crippen LogP contribution in [0.4, 0.5) is 0 Å². The fourth-order valence-corrected chi connectivity index (χ4v) is 1.58. The van der Waals surface area contributed by atoms with Crippen molar-refractivity contribution in [2.75, 3.05) is 0 Å². The minimum atomic E-state index is 0.716. The van der Waals surface area contributed by atoms with Crippen molar-refractivity contribution in [3.63, 3.8) is 0 Å². The van der Waals surface area contributed by atoms with Crippen molar-refractivity contribution < 1.29 is 0 Å². The molecular weight excluding hydrogens is 160 g/mol. The van der Waals surface area contributed by atoms with Crippen molar-refractivity contribution in [1.29, 1.82) is 5.26 Å². The summed E-state index contributed by atoms with van der Waals surface area (Å²) in [4.78, 5) is 3.22. The van der Waals surface area contributed by atoms with Crippen molar-refractivity contribution in [2.45, 2.75) is 13.8 Å². The maximum atomic E-state index is 8.87. The predicted molar refractivity (Wildman–Crippen MR) is 52.5 cm³/mol. The van der Waals surface area contributed by atoms with Crippen LogP contribution in [0.3, 0.4) is 0 Å². The van der Waals surface area contributed by atoms with Gasteiger partial charge in [0.05, 0.1) is 11.1 Å². The molecule has 0 amide bonds. The Kier molecular flexibility index (Phi) is 1.60. The summed E-state index contributed by atoms with van der Waals surface area (Å²) in [5.74, 6) is 0. The second-order valence-corrected chi connectivity index (χ2v) is 3.21. The summed E-state index contributed by atoms with van der Waals surface area (Å²) in [5, 5.41) is 10.0. The van der Waals surface area contributed by atoms with E-state index in [4.69, 9.17) is 5.26 Å².